The first-order valence-electron chi connectivity index (χ1n) is 6.68. The minimum absolute atomic E-state index is 0.0539. The molecule has 0 aliphatic heterocycles. The minimum Gasteiger partial charge on any atom is -0.468 e. The summed E-state index contributed by atoms with van der Waals surface area (Å²) in [7, 11) is -2.59. The van der Waals surface area contributed by atoms with Crippen LogP contribution in [0, 0.1) is 0 Å². The van der Waals surface area contributed by atoms with E-state index >= 15 is 0 Å². The second-order valence-electron chi connectivity index (χ2n) is 4.66. The fourth-order valence-corrected chi connectivity index (χ4v) is 3.36. The summed E-state index contributed by atoms with van der Waals surface area (Å²) in [5, 5.41) is 9.56. The summed E-state index contributed by atoms with van der Waals surface area (Å²) in [4.78, 5) is 11.4. The van der Waals surface area contributed by atoms with E-state index in [1.54, 1.807) is 19.1 Å². The van der Waals surface area contributed by atoms with Crippen LogP contribution in [0.25, 0.3) is 0 Å². The first-order valence-corrected chi connectivity index (χ1v) is 8.12. The van der Waals surface area contributed by atoms with Crippen molar-refractivity contribution in [3.8, 4) is 0 Å². The first-order chi connectivity index (χ1) is 9.82. The lowest BCUT2D eigenvalue weighted by Crippen LogP contribution is -2.36. The van der Waals surface area contributed by atoms with Crippen LogP contribution in [0.4, 0.5) is 0 Å². The average molecular weight is 315 g/mol. The third kappa shape index (κ3) is 4.52. The number of benzene rings is 1. The van der Waals surface area contributed by atoms with Crippen LogP contribution >= 0.6 is 0 Å². The number of hydrogen-bond acceptors (Lipinski definition) is 5. The summed E-state index contributed by atoms with van der Waals surface area (Å²) in [6, 6.07) is 6.08. The molecule has 1 N–H and O–H groups in total. The zero-order valence-corrected chi connectivity index (χ0v) is 13.3. The highest BCUT2D eigenvalue weighted by molar-refractivity contribution is 7.89. The number of rotatable bonds is 7. The summed E-state index contributed by atoms with van der Waals surface area (Å²) < 4.78 is 30.8. The maximum atomic E-state index is 12.6. The van der Waals surface area contributed by atoms with Crippen molar-refractivity contribution in [2.45, 2.75) is 31.3 Å². The second kappa shape index (κ2) is 7.53. The Morgan fingerprint density at radius 3 is 2.62 bits per heavy atom. The molecular weight excluding hydrogens is 294 g/mol. The molecular formula is C14H21NO5S. The van der Waals surface area contributed by atoms with Crippen LogP contribution in [0.15, 0.2) is 29.2 Å². The van der Waals surface area contributed by atoms with E-state index in [4.69, 9.17) is 0 Å². The first kappa shape index (κ1) is 17.6. The molecule has 0 amide bonds. The van der Waals surface area contributed by atoms with Crippen molar-refractivity contribution in [3.63, 3.8) is 0 Å². The average Bonchev–Trinajstić information content (AvgIpc) is 2.46. The van der Waals surface area contributed by atoms with Gasteiger partial charge in [-0.2, -0.15) is 4.31 Å². The number of methoxy groups -OCH3 is 1. The van der Waals surface area contributed by atoms with Gasteiger partial charge >= 0.3 is 5.97 Å². The largest absolute Gasteiger partial charge is 0.468 e. The van der Waals surface area contributed by atoms with Crippen molar-refractivity contribution in [2.24, 2.45) is 0 Å². The van der Waals surface area contributed by atoms with Crippen molar-refractivity contribution in [2.75, 3.05) is 20.2 Å². The van der Waals surface area contributed by atoms with Crippen molar-refractivity contribution >= 4 is 16.0 Å². The maximum absolute atomic E-state index is 12.6. The van der Waals surface area contributed by atoms with Crippen LogP contribution in [0.1, 0.15) is 31.9 Å². The quantitative estimate of drug-likeness (QED) is 0.767. The molecule has 0 fully saturated rings. The standard InChI is InChI=1S/C14H21NO5S/c1-4-8-15(10-14(17)20-3)21(18,19)13-7-5-6-12(9-13)11(2)16/h5-7,9,11,16H,4,8,10H2,1-3H3. The number of esters is 1. The number of aliphatic hydroxyl groups is 1. The van der Waals surface area contributed by atoms with Gasteiger partial charge in [-0.05, 0) is 31.0 Å². The molecule has 0 aromatic heterocycles. The van der Waals surface area contributed by atoms with Gasteiger partial charge in [0.05, 0.1) is 18.1 Å². The predicted octanol–water partition coefficient (Wildman–Crippen LogP) is 1.31. The lowest BCUT2D eigenvalue weighted by atomic mass is 10.1. The lowest BCUT2D eigenvalue weighted by molar-refractivity contribution is -0.140. The Kier molecular flexibility index (Phi) is 6.32. The van der Waals surface area contributed by atoms with Gasteiger partial charge in [-0.15, -0.1) is 0 Å². The van der Waals surface area contributed by atoms with E-state index in [2.05, 4.69) is 4.74 Å². The van der Waals surface area contributed by atoms with Crippen LogP contribution in [0.3, 0.4) is 0 Å². The Morgan fingerprint density at radius 2 is 2.10 bits per heavy atom. The lowest BCUT2D eigenvalue weighted by Gasteiger charge is -2.21. The smallest absolute Gasteiger partial charge is 0.321 e. The number of hydrogen-bond donors (Lipinski definition) is 1. The number of nitrogens with zero attached hydrogens (tertiary/aromatic N) is 1. The van der Waals surface area contributed by atoms with Crippen LogP contribution in [0.2, 0.25) is 0 Å². The Labute approximate surface area is 125 Å². The number of ether oxygens (including phenoxy) is 1. The number of carbonyl (C=O) groups excluding carboxylic acids is 1. The van der Waals surface area contributed by atoms with Gasteiger partial charge in [0.1, 0.15) is 6.54 Å². The molecule has 7 heteroatoms. The van der Waals surface area contributed by atoms with Crippen molar-refractivity contribution < 1.29 is 23.1 Å². The molecule has 21 heavy (non-hydrogen) atoms. The molecule has 0 radical (unpaired) electrons. The Balaban J connectivity index is 3.16. The Hall–Kier alpha value is -1.44. The molecule has 1 rings (SSSR count). The van der Waals surface area contributed by atoms with Gasteiger partial charge in [0.2, 0.25) is 10.0 Å². The summed E-state index contributed by atoms with van der Waals surface area (Å²) in [5.41, 5.74) is 0.505. The van der Waals surface area contributed by atoms with E-state index in [0.717, 1.165) is 4.31 Å². The van der Waals surface area contributed by atoms with Crippen molar-refractivity contribution in [1.29, 1.82) is 0 Å². The number of sulfonamides is 1. The van der Waals surface area contributed by atoms with E-state index < -0.39 is 22.1 Å². The third-order valence-electron chi connectivity index (χ3n) is 2.98. The highest BCUT2D eigenvalue weighted by atomic mass is 32.2. The molecule has 118 valence electrons. The van der Waals surface area contributed by atoms with Crippen LogP contribution < -0.4 is 0 Å². The Morgan fingerprint density at radius 1 is 1.43 bits per heavy atom. The Bertz CT molecular complexity index is 583. The zero-order chi connectivity index (χ0) is 16.0. The molecule has 1 unspecified atom stereocenters. The van der Waals surface area contributed by atoms with Gasteiger partial charge in [-0.1, -0.05) is 19.1 Å². The summed E-state index contributed by atoms with van der Waals surface area (Å²) in [6.07, 6.45) is -0.188. The topological polar surface area (TPSA) is 83.9 Å². The summed E-state index contributed by atoms with van der Waals surface area (Å²) in [6.45, 7) is 3.28. The van der Waals surface area contributed by atoms with Crippen molar-refractivity contribution in [3.05, 3.63) is 29.8 Å². The van der Waals surface area contributed by atoms with E-state index in [1.165, 1.54) is 19.2 Å². The third-order valence-corrected chi connectivity index (χ3v) is 4.83. The van der Waals surface area contributed by atoms with Crippen LogP contribution in [-0.2, 0) is 19.6 Å². The molecule has 0 aliphatic carbocycles. The highest BCUT2D eigenvalue weighted by Gasteiger charge is 2.26. The van der Waals surface area contributed by atoms with Crippen LogP contribution in [-0.4, -0.2) is 44.0 Å². The maximum Gasteiger partial charge on any atom is 0.321 e. The predicted molar refractivity (Wildman–Crippen MR) is 78.1 cm³/mol. The molecule has 0 spiro atoms. The molecule has 0 aliphatic rings. The summed E-state index contributed by atoms with van der Waals surface area (Å²) in [5.74, 6) is -0.612. The minimum atomic E-state index is -3.80. The SMILES string of the molecule is CCCN(CC(=O)OC)S(=O)(=O)c1cccc(C(C)O)c1. The fourth-order valence-electron chi connectivity index (χ4n) is 1.83. The molecule has 0 bridgehead atoms. The van der Waals surface area contributed by atoms with Gasteiger partial charge < -0.3 is 9.84 Å². The monoisotopic (exact) mass is 315 g/mol. The van der Waals surface area contributed by atoms with Gasteiger partial charge in [0.25, 0.3) is 0 Å². The number of aliphatic hydroxyl groups excluding tert-OH is 1. The number of carbonyl (C=O) groups is 1. The fraction of sp³-hybridized carbons (Fsp3) is 0.500. The molecule has 0 saturated heterocycles. The molecule has 0 heterocycles. The molecule has 6 nitrogen and oxygen atoms in total. The molecule has 0 saturated carbocycles. The van der Waals surface area contributed by atoms with Gasteiger partial charge in [0, 0.05) is 6.54 Å². The van der Waals surface area contributed by atoms with E-state index in [0.29, 0.717) is 12.0 Å². The van der Waals surface area contributed by atoms with Crippen molar-refractivity contribution in [1.82, 2.24) is 4.31 Å². The molecule has 1 aromatic rings. The highest BCUT2D eigenvalue weighted by Crippen LogP contribution is 2.20. The van der Waals surface area contributed by atoms with E-state index in [9.17, 15) is 18.3 Å². The van der Waals surface area contributed by atoms with Gasteiger partial charge in [0.15, 0.2) is 0 Å². The van der Waals surface area contributed by atoms with Crippen LogP contribution in [0.5, 0.6) is 0 Å². The second-order valence-corrected chi connectivity index (χ2v) is 6.60. The zero-order valence-electron chi connectivity index (χ0n) is 12.4. The van der Waals surface area contributed by atoms with E-state index in [-0.39, 0.29) is 18.0 Å². The molecule has 1 atom stereocenters. The van der Waals surface area contributed by atoms with E-state index in [1.807, 2.05) is 6.92 Å². The normalized spacial score (nSPS) is 13.2. The summed E-state index contributed by atoms with van der Waals surface area (Å²) >= 11 is 0. The van der Waals surface area contributed by atoms with Gasteiger partial charge in [-0.3, -0.25) is 4.79 Å². The molecule has 1 aromatic carbocycles. The van der Waals surface area contributed by atoms with Gasteiger partial charge in [-0.25, -0.2) is 8.42 Å².